The normalized spacial score (nSPS) is 14.8. The number of carbonyl (C=O) groups is 4. The van der Waals surface area contributed by atoms with Gasteiger partial charge in [-0.3, -0.25) is 19.4 Å². The number of ether oxygens (including phenoxy) is 1. The van der Waals surface area contributed by atoms with E-state index >= 15 is 0 Å². The molecule has 1 fully saturated rings. The number of ketones is 1. The van der Waals surface area contributed by atoms with Crippen LogP contribution in [0.4, 0.5) is 4.79 Å². The van der Waals surface area contributed by atoms with Crippen molar-refractivity contribution in [1.29, 1.82) is 0 Å². The van der Waals surface area contributed by atoms with Gasteiger partial charge in [0.05, 0.1) is 28.3 Å². The van der Waals surface area contributed by atoms with Gasteiger partial charge in [-0.1, -0.05) is 30.3 Å². The topological polar surface area (TPSA) is 178 Å². The molecule has 0 radical (unpaired) electrons. The van der Waals surface area contributed by atoms with Crippen molar-refractivity contribution in [3.63, 3.8) is 0 Å². The zero-order chi connectivity index (χ0) is 37.0. The van der Waals surface area contributed by atoms with Gasteiger partial charge in [-0.25, -0.2) is 18.2 Å². The van der Waals surface area contributed by atoms with Gasteiger partial charge in [0, 0.05) is 24.7 Å². The van der Waals surface area contributed by atoms with Crippen molar-refractivity contribution < 1.29 is 36.7 Å². The summed E-state index contributed by atoms with van der Waals surface area (Å²) in [5, 5.41) is 5.82. The smallest absolute Gasteiger partial charge is 0.407 e. The van der Waals surface area contributed by atoms with Crippen molar-refractivity contribution in [2.45, 2.75) is 56.6 Å². The number of aromatic nitrogens is 2. The molecule has 2 aromatic heterocycles. The van der Waals surface area contributed by atoms with Gasteiger partial charge < -0.3 is 24.7 Å². The third-order valence-electron chi connectivity index (χ3n) is 8.57. The molecule has 13 nitrogen and oxygen atoms in total. The van der Waals surface area contributed by atoms with Crippen LogP contribution in [0.5, 0.6) is 0 Å². The van der Waals surface area contributed by atoms with Crippen LogP contribution in [-0.4, -0.2) is 84.0 Å². The maximum Gasteiger partial charge on any atom is 0.407 e. The third-order valence-corrected chi connectivity index (χ3v) is 10.4. The highest BCUT2D eigenvalue weighted by molar-refractivity contribution is 7.91. The number of Topliss-reactive ketones (excluding diaryl/α,β-unsaturated/α-hetero) is 1. The summed E-state index contributed by atoms with van der Waals surface area (Å²) >= 11 is 0. The van der Waals surface area contributed by atoms with E-state index in [1.165, 1.54) is 23.2 Å². The summed E-state index contributed by atoms with van der Waals surface area (Å²) in [4.78, 5) is 62.1. The molecule has 5 aromatic rings. The number of benzene rings is 3. The number of likely N-dealkylation sites (tertiary alicyclic amines) is 1. The minimum Gasteiger partial charge on any atom is -0.444 e. The summed E-state index contributed by atoms with van der Waals surface area (Å²) < 4.78 is 36.7. The number of pyridine rings is 1. The second-order valence-electron chi connectivity index (χ2n) is 13.5. The summed E-state index contributed by atoms with van der Waals surface area (Å²) in [6, 6.07) is 19.7. The predicted molar refractivity (Wildman–Crippen MR) is 193 cm³/mol. The lowest BCUT2D eigenvalue weighted by atomic mass is 10.0. The Labute approximate surface area is 300 Å². The van der Waals surface area contributed by atoms with Crippen LogP contribution in [0.2, 0.25) is 0 Å². The van der Waals surface area contributed by atoms with Crippen molar-refractivity contribution in [3.05, 3.63) is 90.4 Å². The fraction of sp³-hybridized carbons (Fsp3) is 0.316. The third kappa shape index (κ3) is 8.28. The van der Waals surface area contributed by atoms with Crippen LogP contribution in [0.1, 0.15) is 61.1 Å². The molecule has 52 heavy (non-hydrogen) atoms. The first kappa shape index (κ1) is 36.2. The van der Waals surface area contributed by atoms with Crippen LogP contribution in [0, 0.1) is 0 Å². The average molecular weight is 726 g/mol. The molecule has 6 rings (SSSR count). The molecule has 3 aromatic carbocycles. The highest BCUT2D eigenvalue weighted by Gasteiger charge is 2.37. The Bertz CT molecular complexity index is 2230. The highest BCUT2D eigenvalue weighted by Crippen LogP contribution is 2.28. The Morgan fingerprint density at radius 3 is 2.44 bits per heavy atom. The molecule has 3 amide bonds. The van der Waals surface area contributed by atoms with Gasteiger partial charge in [-0.05, 0) is 93.6 Å². The number of nitrogens with zero attached hydrogens (tertiary/aromatic N) is 3. The maximum atomic E-state index is 13.4. The van der Waals surface area contributed by atoms with Gasteiger partial charge in [-0.15, -0.1) is 0 Å². The van der Waals surface area contributed by atoms with Crippen LogP contribution in [-0.2, 0) is 19.4 Å². The molecule has 0 saturated carbocycles. The Morgan fingerprint density at radius 2 is 1.69 bits per heavy atom. The second kappa shape index (κ2) is 14.9. The number of nitrogens with one attached hydrogen (secondary N) is 2. The number of para-hydroxylation sites is 2. The van der Waals surface area contributed by atoms with E-state index in [9.17, 15) is 27.6 Å². The molecule has 0 aliphatic carbocycles. The molecule has 1 aliphatic rings. The molecule has 3 heterocycles. The van der Waals surface area contributed by atoms with Crippen molar-refractivity contribution in [2.75, 3.05) is 25.4 Å². The number of hydrogen-bond acceptors (Lipinski definition) is 10. The molecule has 1 aliphatic heterocycles. The van der Waals surface area contributed by atoms with Crippen molar-refractivity contribution >= 4 is 55.5 Å². The van der Waals surface area contributed by atoms with Crippen LogP contribution in [0.25, 0.3) is 33.1 Å². The van der Waals surface area contributed by atoms with Gasteiger partial charge >= 0.3 is 6.09 Å². The number of rotatable bonds is 11. The Kier molecular flexibility index (Phi) is 10.4. The molecular weight excluding hydrogens is 687 g/mol. The summed E-state index contributed by atoms with van der Waals surface area (Å²) in [5.74, 6) is -1.46. The number of sulfone groups is 1. The van der Waals surface area contributed by atoms with Gasteiger partial charge in [0.25, 0.3) is 11.8 Å². The van der Waals surface area contributed by atoms with Crippen LogP contribution < -0.4 is 10.6 Å². The Morgan fingerprint density at radius 1 is 0.942 bits per heavy atom. The van der Waals surface area contributed by atoms with E-state index in [0.717, 1.165) is 11.1 Å². The van der Waals surface area contributed by atoms with Gasteiger partial charge in [0.1, 0.15) is 17.2 Å². The molecule has 1 atom stereocenters. The SMILES string of the molecule is CC(C)(C)OC(=O)NCCCS(=O)(=O)c1ccc(-c2ccc3nccc(C(=O)NCC(=O)N4CCC[C@H]4C(=O)c4nc5ccccc5o4)c3c2)cc1. The largest absolute Gasteiger partial charge is 0.444 e. The number of oxazole rings is 1. The standard InChI is InChI=1S/C38H39N5O8S/c1-38(2,3)51-37(47)40-18-7-21-52(48,49)26-14-11-24(12-15-26)25-13-16-29-28(22-25)27(17-19-39-29)35(46)41-23-33(44)43-20-6-9-31(43)34(45)36-42-30-8-4-5-10-32(30)50-36/h4-5,8,10-17,19,22,31H,6-7,9,18,20-21,23H2,1-3H3,(H,40,47)(H,41,46)/t31-/m0/s1. The van der Waals surface area contributed by atoms with E-state index in [1.807, 2.05) is 6.07 Å². The van der Waals surface area contributed by atoms with Gasteiger partial charge in [0.2, 0.25) is 11.7 Å². The highest BCUT2D eigenvalue weighted by atomic mass is 32.2. The fourth-order valence-corrected chi connectivity index (χ4v) is 7.38. The zero-order valence-electron chi connectivity index (χ0n) is 29.0. The van der Waals surface area contributed by atoms with E-state index in [-0.39, 0.29) is 41.8 Å². The Balaban J connectivity index is 1.09. The molecular formula is C38H39N5O8S. The first-order valence-corrected chi connectivity index (χ1v) is 18.6. The average Bonchev–Trinajstić information content (AvgIpc) is 3.79. The molecule has 0 unspecified atom stereocenters. The predicted octanol–water partition coefficient (Wildman–Crippen LogP) is 5.34. The fourth-order valence-electron chi connectivity index (χ4n) is 6.07. The van der Waals surface area contributed by atoms with E-state index < -0.39 is 39.4 Å². The molecule has 14 heteroatoms. The Hall–Kier alpha value is -5.63. The summed E-state index contributed by atoms with van der Waals surface area (Å²) in [7, 11) is -3.61. The number of amides is 3. The maximum absolute atomic E-state index is 13.4. The first-order chi connectivity index (χ1) is 24.8. The first-order valence-electron chi connectivity index (χ1n) is 17.0. The van der Waals surface area contributed by atoms with E-state index in [1.54, 1.807) is 75.4 Å². The molecule has 1 saturated heterocycles. The summed E-state index contributed by atoms with van der Waals surface area (Å²) in [6.45, 7) is 5.45. The number of fused-ring (bicyclic) bond motifs is 2. The quantitative estimate of drug-likeness (QED) is 0.134. The van der Waals surface area contributed by atoms with Crippen LogP contribution in [0.15, 0.2) is 88.3 Å². The van der Waals surface area contributed by atoms with Crippen LogP contribution >= 0.6 is 0 Å². The number of carbonyl (C=O) groups excluding carboxylic acids is 4. The second-order valence-corrected chi connectivity index (χ2v) is 15.6. The van der Waals surface area contributed by atoms with Gasteiger partial charge in [-0.2, -0.15) is 0 Å². The summed E-state index contributed by atoms with van der Waals surface area (Å²) in [5.41, 5.74) is 2.72. The zero-order valence-corrected chi connectivity index (χ0v) is 29.9. The lowest BCUT2D eigenvalue weighted by Gasteiger charge is -2.22. The van der Waals surface area contributed by atoms with Crippen molar-refractivity contribution in [2.24, 2.45) is 0 Å². The van der Waals surface area contributed by atoms with E-state index in [4.69, 9.17) is 9.15 Å². The molecule has 270 valence electrons. The van der Waals surface area contributed by atoms with Crippen molar-refractivity contribution in [3.8, 4) is 11.1 Å². The number of alkyl carbamates (subject to hydrolysis) is 1. The molecule has 0 spiro atoms. The monoisotopic (exact) mass is 725 g/mol. The lowest BCUT2D eigenvalue weighted by molar-refractivity contribution is -0.130. The number of hydrogen-bond donors (Lipinski definition) is 2. The van der Waals surface area contributed by atoms with Gasteiger partial charge in [0.15, 0.2) is 15.4 Å². The van der Waals surface area contributed by atoms with E-state index in [0.29, 0.717) is 47.0 Å². The minimum absolute atomic E-state index is 0.0463. The lowest BCUT2D eigenvalue weighted by Crippen LogP contribution is -2.45. The van der Waals surface area contributed by atoms with Crippen LogP contribution in [0.3, 0.4) is 0 Å². The van der Waals surface area contributed by atoms with Crippen molar-refractivity contribution in [1.82, 2.24) is 25.5 Å². The molecule has 2 N–H and O–H groups in total. The molecule has 0 bridgehead atoms. The minimum atomic E-state index is -3.61. The summed E-state index contributed by atoms with van der Waals surface area (Å²) in [6.07, 6.45) is 2.23. The van der Waals surface area contributed by atoms with E-state index in [2.05, 4.69) is 20.6 Å².